The van der Waals surface area contributed by atoms with Crippen molar-refractivity contribution in [3.63, 3.8) is 0 Å². The average Bonchev–Trinajstić information content (AvgIpc) is 2.79. The van der Waals surface area contributed by atoms with Crippen LogP contribution < -0.4 is 5.32 Å². The molecular weight excluding hydrogens is 250 g/mol. The first-order chi connectivity index (χ1) is 8.65. The van der Waals surface area contributed by atoms with E-state index in [1.165, 1.54) is 11.3 Å². The summed E-state index contributed by atoms with van der Waals surface area (Å²) < 4.78 is 5.33. The molecule has 0 aliphatic heterocycles. The Morgan fingerprint density at radius 3 is 3.06 bits per heavy atom. The normalized spacial score (nSPS) is 10.0. The Balaban J connectivity index is 2.49. The molecule has 5 heteroatoms. The maximum atomic E-state index is 11.8. The van der Waals surface area contributed by atoms with Crippen molar-refractivity contribution in [2.75, 3.05) is 19.8 Å². The van der Waals surface area contributed by atoms with Crippen LogP contribution in [-0.4, -0.2) is 36.9 Å². The van der Waals surface area contributed by atoms with Crippen LogP contribution in [0.3, 0.4) is 0 Å². The molecule has 0 radical (unpaired) electrons. The number of amides is 1. The second-order valence-electron chi connectivity index (χ2n) is 3.80. The molecular formula is C13H17NO3S. The van der Waals surface area contributed by atoms with Crippen molar-refractivity contribution in [2.45, 2.75) is 20.0 Å². The van der Waals surface area contributed by atoms with E-state index in [0.717, 1.165) is 0 Å². The monoisotopic (exact) mass is 267 g/mol. The molecule has 0 spiro atoms. The van der Waals surface area contributed by atoms with E-state index in [1.807, 2.05) is 13.8 Å². The van der Waals surface area contributed by atoms with Crippen molar-refractivity contribution in [1.82, 2.24) is 5.32 Å². The van der Waals surface area contributed by atoms with Crippen molar-refractivity contribution in [3.8, 4) is 11.8 Å². The van der Waals surface area contributed by atoms with Gasteiger partial charge in [-0.1, -0.05) is 11.8 Å². The fourth-order valence-electron chi connectivity index (χ4n) is 1.26. The third-order valence-electron chi connectivity index (χ3n) is 2.01. The van der Waals surface area contributed by atoms with Gasteiger partial charge in [-0.25, -0.2) is 0 Å². The third kappa shape index (κ3) is 4.88. The molecule has 0 saturated heterocycles. The van der Waals surface area contributed by atoms with Crippen LogP contribution in [0, 0.1) is 11.8 Å². The highest BCUT2D eigenvalue weighted by molar-refractivity contribution is 7.12. The number of aliphatic hydroxyl groups is 1. The number of aliphatic hydroxyl groups excluding tert-OH is 1. The molecule has 1 aromatic heterocycles. The highest BCUT2D eigenvalue weighted by Gasteiger charge is 2.11. The Labute approximate surface area is 111 Å². The lowest BCUT2D eigenvalue weighted by Crippen LogP contribution is -2.27. The molecule has 0 bridgehead atoms. The fourth-order valence-corrected chi connectivity index (χ4v) is 2.02. The first-order valence-corrected chi connectivity index (χ1v) is 6.60. The summed E-state index contributed by atoms with van der Waals surface area (Å²) in [4.78, 5) is 12.4. The Morgan fingerprint density at radius 1 is 1.61 bits per heavy atom. The molecule has 0 aromatic carbocycles. The molecule has 0 unspecified atom stereocenters. The SMILES string of the molecule is CC(C)OCCNC(=O)c1sccc1C#CCO. The summed E-state index contributed by atoms with van der Waals surface area (Å²) >= 11 is 1.34. The predicted molar refractivity (Wildman–Crippen MR) is 71.7 cm³/mol. The molecule has 4 nitrogen and oxygen atoms in total. The van der Waals surface area contributed by atoms with E-state index >= 15 is 0 Å². The molecule has 1 heterocycles. The molecule has 0 fully saturated rings. The van der Waals surface area contributed by atoms with E-state index in [1.54, 1.807) is 11.4 Å². The molecule has 0 atom stereocenters. The summed E-state index contributed by atoms with van der Waals surface area (Å²) in [5, 5.41) is 13.2. The van der Waals surface area contributed by atoms with Gasteiger partial charge in [0.25, 0.3) is 5.91 Å². The minimum Gasteiger partial charge on any atom is -0.384 e. The number of carbonyl (C=O) groups is 1. The van der Waals surface area contributed by atoms with Gasteiger partial charge in [0.1, 0.15) is 11.5 Å². The number of rotatable bonds is 5. The molecule has 1 aromatic rings. The summed E-state index contributed by atoms with van der Waals surface area (Å²) in [5.41, 5.74) is 0.649. The molecule has 0 aliphatic rings. The summed E-state index contributed by atoms with van der Waals surface area (Å²) in [6.07, 6.45) is 0.162. The van der Waals surface area contributed by atoms with Crippen molar-refractivity contribution in [3.05, 3.63) is 21.9 Å². The summed E-state index contributed by atoms with van der Waals surface area (Å²) in [7, 11) is 0. The van der Waals surface area contributed by atoms with Crippen molar-refractivity contribution in [1.29, 1.82) is 0 Å². The van der Waals surface area contributed by atoms with Crippen LogP contribution in [0.1, 0.15) is 29.1 Å². The van der Waals surface area contributed by atoms with Crippen LogP contribution in [0.2, 0.25) is 0 Å². The second-order valence-corrected chi connectivity index (χ2v) is 4.71. The summed E-state index contributed by atoms with van der Waals surface area (Å²) in [5.74, 6) is 5.13. The minimum atomic E-state index is -0.209. The van der Waals surface area contributed by atoms with Gasteiger partial charge >= 0.3 is 0 Å². The van der Waals surface area contributed by atoms with Crippen LogP contribution in [0.15, 0.2) is 11.4 Å². The van der Waals surface area contributed by atoms with Crippen LogP contribution >= 0.6 is 11.3 Å². The first-order valence-electron chi connectivity index (χ1n) is 5.72. The summed E-state index contributed by atoms with van der Waals surface area (Å²) in [6, 6.07) is 1.77. The van der Waals surface area contributed by atoms with E-state index in [4.69, 9.17) is 9.84 Å². The molecule has 0 aliphatic carbocycles. The number of thiophene rings is 1. The largest absolute Gasteiger partial charge is 0.384 e. The topological polar surface area (TPSA) is 58.6 Å². The number of ether oxygens (including phenoxy) is 1. The van der Waals surface area contributed by atoms with E-state index in [2.05, 4.69) is 17.2 Å². The lowest BCUT2D eigenvalue weighted by Gasteiger charge is -2.08. The van der Waals surface area contributed by atoms with Gasteiger partial charge in [0.15, 0.2) is 0 Å². The van der Waals surface area contributed by atoms with Gasteiger partial charge in [-0.3, -0.25) is 4.79 Å². The lowest BCUT2D eigenvalue weighted by molar-refractivity contribution is 0.0748. The molecule has 1 amide bonds. The molecule has 18 heavy (non-hydrogen) atoms. The highest BCUT2D eigenvalue weighted by atomic mass is 32.1. The van der Waals surface area contributed by atoms with Gasteiger partial charge in [0, 0.05) is 12.1 Å². The van der Waals surface area contributed by atoms with E-state index in [-0.39, 0.29) is 18.6 Å². The highest BCUT2D eigenvalue weighted by Crippen LogP contribution is 2.15. The number of hydrogen-bond acceptors (Lipinski definition) is 4. The van der Waals surface area contributed by atoms with Crippen molar-refractivity contribution < 1.29 is 14.6 Å². The Hall–Kier alpha value is -1.35. The summed E-state index contributed by atoms with van der Waals surface area (Å²) in [6.45, 7) is 4.65. The molecule has 0 saturated carbocycles. The van der Waals surface area contributed by atoms with E-state index in [9.17, 15) is 4.79 Å². The van der Waals surface area contributed by atoms with Crippen molar-refractivity contribution >= 4 is 17.2 Å². The van der Waals surface area contributed by atoms with Gasteiger partial charge in [-0.2, -0.15) is 0 Å². The number of nitrogens with one attached hydrogen (secondary N) is 1. The van der Waals surface area contributed by atoms with E-state index < -0.39 is 0 Å². The fraction of sp³-hybridized carbons (Fsp3) is 0.462. The number of hydrogen-bond donors (Lipinski definition) is 2. The van der Waals surface area contributed by atoms with Gasteiger partial charge < -0.3 is 15.2 Å². The average molecular weight is 267 g/mol. The van der Waals surface area contributed by atoms with Gasteiger partial charge in [-0.05, 0) is 25.3 Å². The quantitative estimate of drug-likeness (QED) is 0.623. The zero-order valence-electron chi connectivity index (χ0n) is 10.5. The third-order valence-corrected chi connectivity index (χ3v) is 2.93. The molecule has 98 valence electrons. The Bertz CT molecular complexity index is 443. The van der Waals surface area contributed by atoms with Crippen LogP contribution in [0.4, 0.5) is 0 Å². The van der Waals surface area contributed by atoms with Gasteiger partial charge in [0.2, 0.25) is 0 Å². The Kier molecular flexibility index (Phi) is 6.44. The minimum absolute atomic E-state index is 0.153. The number of carbonyl (C=O) groups excluding carboxylic acids is 1. The van der Waals surface area contributed by atoms with Crippen molar-refractivity contribution in [2.24, 2.45) is 0 Å². The zero-order valence-corrected chi connectivity index (χ0v) is 11.3. The molecule has 2 N–H and O–H groups in total. The smallest absolute Gasteiger partial charge is 0.262 e. The maximum Gasteiger partial charge on any atom is 0.262 e. The molecule has 1 rings (SSSR count). The lowest BCUT2D eigenvalue weighted by atomic mass is 10.2. The van der Waals surface area contributed by atoms with Crippen LogP contribution in [0.5, 0.6) is 0 Å². The van der Waals surface area contributed by atoms with Gasteiger partial charge in [-0.15, -0.1) is 11.3 Å². The second kappa shape index (κ2) is 7.88. The zero-order chi connectivity index (χ0) is 13.4. The van der Waals surface area contributed by atoms with E-state index in [0.29, 0.717) is 23.6 Å². The van der Waals surface area contributed by atoms with Crippen LogP contribution in [-0.2, 0) is 4.74 Å². The predicted octanol–water partition coefficient (Wildman–Crippen LogP) is 1.25. The standard InChI is InChI=1S/C13H17NO3S/c1-10(2)17-8-6-14-13(16)12-11(4-3-7-15)5-9-18-12/h5,9-10,15H,6-8H2,1-2H3,(H,14,16). The van der Waals surface area contributed by atoms with Crippen LogP contribution in [0.25, 0.3) is 0 Å². The Morgan fingerprint density at radius 2 is 2.39 bits per heavy atom. The maximum absolute atomic E-state index is 11.8. The first kappa shape index (κ1) is 14.7. The van der Waals surface area contributed by atoms with Gasteiger partial charge in [0.05, 0.1) is 12.7 Å².